The van der Waals surface area contributed by atoms with Gasteiger partial charge in [-0.2, -0.15) is 0 Å². The molecule has 0 aromatic heterocycles. The van der Waals surface area contributed by atoms with Crippen LogP contribution in [-0.4, -0.2) is 44.8 Å². The Kier molecular flexibility index (Phi) is 10.4. The number of carbonyl (C=O) groups is 2. The van der Waals surface area contributed by atoms with Gasteiger partial charge in [0.15, 0.2) is 0 Å². The maximum absolute atomic E-state index is 14.3. The van der Waals surface area contributed by atoms with E-state index in [9.17, 15) is 18.0 Å². The number of benzene rings is 4. The second-order valence-corrected chi connectivity index (χ2v) is 13.0. The van der Waals surface area contributed by atoms with Crippen molar-refractivity contribution in [2.24, 2.45) is 0 Å². The minimum absolute atomic E-state index is 0.0447. The molecule has 4 aromatic rings. The maximum Gasteiger partial charge on any atom is 0.264 e. The number of halogens is 2. The lowest BCUT2D eigenvalue weighted by molar-refractivity contribution is -0.139. The number of nitrogens with zero attached hydrogens (tertiary/aromatic N) is 2. The van der Waals surface area contributed by atoms with Crippen LogP contribution in [-0.2, 0) is 32.6 Å². The summed E-state index contributed by atoms with van der Waals surface area (Å²) in [6.07, 6.45) is 0.232. The molecule has 1 atom stereocenters. The van der Waals surface area contributed by atoms with Gasteiger partial charge in [-0.05, 0) is 66.6 Å². The highest BCUT2D eigenvalue weighted by Crippen LogP contribution is 2.27. The zero-order chi connectivity index (χ0) is 30.3. The van der Waals surface area contributed by atoms with E-state index < -0.39 is 28.5 Å². The van der Waals surface area contributed by atoms with Crippen LogP contribution in [0.15, 0.2) is 112 Å². The van der Waals surface area contributed by atoms with Gasteiger partial charge in [-0.25, -0.2) is 8.42 Å². The fraction of sp³-hybridized carbons (Fsp3) is 0.188. The van der Waals surface area contributed by atoms with Crippen LogP contribution in [0.1, 0.15) is 16.7 Å². The number of sulfonamides is 1. The van der Waals surface area contributed by atoms with Crippen LogP contribution in [0.2, 0.25) is 5.02 Å². The van der Waals surface area contributed by atoms with E-state index >= 15 is 0 Å². The molecule has 0 fully saturated rings. The van der Waals surface area contributed by atoms with Gasteiger partial charge in [0, 0.05) is 29.5 Å². The molecule has 0 aliphatic carbocycles. The second-order valence-electron chi connectivity index (χ2n) is 9.77. The summed E-state index contributed by atoms with van der Waals surface area (Å²) >= 11 is 9.64. The van der Waals surface area contributed by atoms with Gasteiger partial charge >= 0.3 is 0 Å². The summed E-state index contributed by atoms with van der Waals surface area (Å²) in [4.78, 5) is 29.0. The monoisotopic (exact) mass is 667 g/mol. The van der Waals surface area contributed by atoms with Crippen LogP contribution in [0.25, 0.3) is 0 Å². The molecular formula is C32H31BrClN3O4S. The van der Waals surface area contributed by atoms with Gasteiger partial charge < -0.3 is 10.2 Å². The summed E-state index contributed by atoms with van der Waals surface area (Å²) < 4.78 is 29.8. The Morgan fingerprint density at radius 3 is 2.14 bits per heavy atom. The number of hydrogen-bond donors (Lipinski definition) is 1. The smallest absolute Gasteiger partial charge is 0.264 e. The Morgan fingerprint density at radius 1 is 0.881 bits per heavy atom. The van der Waals surface area contributed by atoms with Crippen molar-refractivity contribution in [3.8, 4) is 0 Å². The van der Waals surface area contributed by atoms with E-state index in [1.165, 1.54) is 24.1 Å². The highest BCUT2D eigenvalue weighted by atomic mass is 79.9. The first kappa shape index (κ1) is 31.3. The molecule has 218 valence electrons. The number of rotatable bonds is 11. The van der Waals surface area contributed by atoms with Gasteiger partial charge in [-0.1, -0.05) is 87.7 Å². The molecule has 0 saturated heterocycles. The Balaban J connectivity index is 1.78. The largest absolute Gasteiger partial charge is 0.357 e. The highest BCUT2D eigenvalue weighted by Gasteiger charge is 2.34. The van der Waals surface area contributed by atoms with Crippen molar-refractivity contribution in [1.29, 1.82) is 0 Å². The number of nitrogens with one attached hydrogen (secondary N) is 1. The molecule has 0 unspecified atom stereocenters. The molecule has 7 nitrogen and oxygen atoms in total. The van der Waals surface area contributed by atoms with Gasteiger partial charge in [0.05, 0.1) is 10.6 Å². The summed E-state index contributed by atoms with van der Waals surface area (Å²) in [7, 11) is -2.64. The average molecular weight is 669 g/mol. The molecule has 0 aliphatic heterocycles. The van der Waals surface area contributed by atoms with Crippen LogP contribution in [0.4, 0.5) is 5.69 Å². The zero-order valence-corrected chi connectivity index (χ0v) is 26.4. The van der Waals surface area contributed by atoms with Gasteiger partial charge in [0.2, 0.25) is 11.8 Å². The molecule has 0 spiro atoms. The van der Waals surface area contributed by atoms with Crippen molar-refractivity contribution in [3.05, 3.63) is 129 Å². The zero-order valence-electron chi connectivity index (χ0n) is 23.2. The third-order valence-electron chi connectivity index (χ3n) is 6.76. The van der Waals surface area contributed by atoms with Gasteiger partial charge in [0.1, 0.15) is 12.6 Å². The van der Waals surface area contributed by atoms with E-state index in [4.69, 9.17) is 11.6 Å². The number of carbonyl (C=O) groups excluding carboxylic acids is 2. The molecule has 0 heterocycles. The van der Waals surface area contributed by atoms with Crippen LogP contribution >= 0.6 is 27.5 Å². The van der Waals surface area contributed by atoms with E-state index in [0.717, 1.165) is 19.9 Å². The van der Waals surface area contributed by atoms with Gasteiger partial charge in [-0.15, -0.1) is 0 Å². The highest BCUT2D eigenvalue weighted by molar-refractivity contribution is 9.10. The first-order chi connectivity index (χ1) is 20.1. The van der Waals surface area contributed by atoms with Crippen LogP contribution in [0.3, 0.4) is 0 Å². The normalized spacial score (nSPS) is 11.9. The van der Waals surface area contributed by atoms with E-state index in [0.29, 0.717) is 16.3 Å². The Morgan fingerprint density at radius 2 is 1.52 bits per heavy atom. The number of amides is 2. The average Bonchev–Trinajstić information content (AvgIpc) is 2.98. The number of hydrogen-bond acceptors (Lipinski definition) is 4. The summed E-state index contributed by atoms with van der Waals surface area (Å²) in [6.45, 7) is 1.38. The summed E-state index contributed by atoms with van der Waals surface area (Å²) in [6, 6.07) is 28.6. The predicted molar refractivity (Wildman–Crippen MR) is 170 cm³/mol. The van der Waals surface area contributed by atoms with Crippen LogP contribution < -0.4 is 9.62 Å². The number of anilines is 1. The van der Waals surface area contributed by atoms with Gasteiger partial charge in [-0.3, -0.25) is 13.9 Å². The predicted octanol–water partition coefficient (Wildman–Crippen LogP) is 5.99. The van der Waals surface area contributed by atoms with E-state index in [1.54, 1.807) is 54.6 Å². The number of aryl methyl sites for hydroxylation is 1. The molecule has 1 N–H and O–H groups in total. The molecule has 0 radical (unpaired) electrons. The summed E-state index contributed by atoms with van der Waals surface area (Å²) in [5, 5.41) is 3.16. The topological polar surface area (TPSA) is 86.8 Å². The molecular weight excluding hydrogens is 638 g/mol. The molecule has 2 amide bonds. The second kappa shape index (κ2) is 14.0. The Bertz CT molecular complexity index is 1630. The minimum Gasteiger partial charge on any atom is -0.357 e. The number of likely N-dealkylation sites (N-methyl/N-ethyl adjacent to an activating group) is 1. The van der Waals surface area contributed by atoms with E-state index in [1.807, 2.05) is 43.3 Å². The molecule has 4 rings (SSSR count). The lowest BCUT2D eigenvalue weighted by Crippen LogP contribution is -2.53. The standard InChI is InChI=1S/C32H31BrClN3O4S/c1-23-11-17-29(18-12-23)42(40,41)37(28-15-13-26(33)14-16-28)22-31(38)36(21-25-9-6-10-27(34)19-25)30(32(39)35-2)20-24-7-4-3-5-8-24/h3-19,30H,20-22H2,1-2H3,(H,35,39)/t30-/m0/s1. The van der Waals surface area contributed by atoms with Gasteiger partial charge in [0.25, 0.3) is 10.0 Å². The van der Waals surface area contributed by atoms with Crippen LogP contribution in [0.5, 0.6) is 0 Å². The van der Waals surface area contributed by atoms with Crippen molar-refractivity contribution >= 4 is 55.1 Å². The molecule has 0 aliphatic rings. The fourth-order valence-corrected chi connectivity index (χ4v) is 6.42. The third-order valence-corrected chi connectivity index (χ3v) is 9.31. The molecule has 4 aromatic carbocycles. The lowest BCUT2D eigenvalue weighted by atomic mass is 10.0. The quantitative estimate of drug-likeness (QED) is 0.213. The Hall–Kier alpha value is -3.66. The fourth-order valence-electron chi connectivity index (χ4n) is 4.53. The maximum atomic E-state index is 14.3. The Labute approximate surface area is 260 Å². The summed E-state index contributed by atoms with van der Waals surface area (Å²) in [5.41, 5.74) is 2.78. The third kappa shape index (κ3) is 7.79. The minimum atomic E-state index is -4.15. The van der Waals surface area contributed by atoms with Crippen LogP contribution in [0, 0.1) is 6.92 Å². The molecule has 10 heteroatoms. The first-order valence-corrected chi connectivity index (χ1v) is 15.8. The van der Waals surface area contributed by atoms with Crippen molar-refractivity contribution < 1.29 is 18.0 Å². The van der Waals surface area contributed by atoms with Crippen molar-refractivity contribution in [1.82, 2.24) is 10.2 Å². The van der Waals surface area contributed by atoms with E-state index in [2.05, 4.69) is 21.2 Å². The van der Waals surface area contributed by atoms with Crippen molar-refractivity contribution in [2.45, 2.75) is 30.8 Å². The van der Waals surface area contributed by atoms with E-state index in [-0.39, 0.29) is 23.8 Å². The van der Waals surface area contributed by atoms with Crippen molar-refractivity contribution in [3.63, 3.8) is 0 Å². The van der Waals surface area contributed by atoms with Crippen molar-refractivity contribution in [2.75, 3.05) is 17.9 Å². The molecule has 42 heavy (non-hydrogen) atoms. The first-order valence-electron chi connectivity index (χ1n) is 13.2. The lowest BCUT2D eigenvalue weighted by Gasteiger charge is -2.33. The SMILES string of the molecule is CNC(=O)[C@H](Cc1ccccc1)N(Cc1cccc(Cl)c1)C(=O)CN(c1ccc(Br)cc1)S(=O)(=O)c1ccc(C)cc1. The summed E-state index contributed by atoms with van der Waals surface area (Å²) in [5.74, 6) is -0.913. The molecule has 0 saturated carbocycles. The molecule has 0 bridgehead atoms.